The number of nitrogens with two attached hydrogens (primary N) is 1. The lowest BCUT2D eigenvalue weighted by atomic mass is 9.89. The Bertz CT molecular complexity index is 1380. The first-order valence-electron chi connectivity index (χ1n) is 11.8. The first-order valence-corrected chi connectivity index (χ1v) is 11.8. The number of likely N-dealkylation sites (tertiary alicyclic amines) is 1. The van der Waals surface area contributed by atoms with E-state index in [1.54, 1.807) is 32.8 Å². The van der Waals surface area contributed by atoms with Crippen LogP contribution in [0.1, 0.15) is 24.3 Å². The van der Waals surface area contributed by atoms with E-state index >= 15 is 0 Å². The predicted molar refractivity (Wildman–Crippen MR) is 137 cm³/mol. The number of hydrogen-bond donors (Lipinski definition) is 2. The Morgan fingerprint density at radius 1 is 1.08 bits per heavy atom. The van der Waals surface area contributed by atoms with Gasteiger partial charge in [-0.05, 0) is 67.7 Å². The normalized spacial score (nSPS) is 14.6. The number of piperidine rings is 1. The van der Waals surface area contributed by atoms with E-state index < -0.39 is 0 Å². The van der Waals surface area contributed by atoms with Crippen molar-refractivity contribution in [1.29, 1.82) is 0 Å². The maximum Gasteiger partial charge on any atom is 0.245 e. The molecular formula is C26H29N7O3. The second-order valence-electron chi connectivity index (χ2n) is 8.81. The van der Waals surface area contributed by atoms with E-state index in [4.69, 9.17) is 20.3 Å². The second-order valence-corrected chi connectivity index (χ2v) is 8.81. The third kappa shape index (κ3) is 4.80. The van der Waals surface area contributed by atoms with E-state index in [9.17, 15) is 4.79 Å². The minimum absolute atomic E-state index is 0.280. The van der Waals surface area contributed by atoms with Gasteiger partial charge in [0.25, 0.3) is 0 Å². The molecule has 0 aliphatic carbocycles. The molecule has 10 nitrogen and oxygen atoms in total. The number of benzene rings is 1. The summed E-state index contributed by atoms with van der Waals surface area (Å²) in [6, 6.07) is 12.0. The molecule has 0 radical (unpaired) electrons. The average molecular weight is 488 g/mol. The third-order valence-corrected chi connectivity index (χ3v) is 6.59. The number of ether oxygens (including phenoxy) is 2. The van der Waals surface area contributed by atoms with Crippen molar-refractivity contribution in [3.8, 4) is 22.8 Å². The molecule has 0 atom stereocenters. The standard InChI is InChI=1S/C26H29N7O3/c1-35-23-13-18(17-8-11-32(12-9-17)16-25(27)34)3-5-21(23)30-26-29-14-19-4-6-22(33(19)31-26)20-7-10-28-15-24(20)36-2/h3-7,10,13-15,17H,8-9,11-12,16H2,1-2H3,(H2,27,34)(H,30,31). The van der Waals surface area contributed by atoms with Gasteiger partial charge < -0.3 is 20.5 Å². The maximum atomic E-state index is 11.2. The smallest absolute Gasteiger partial charge is 0.245 e. The molecule has 36 heavy (non-hydrogen) atoms. The number of aromatic nitrogens is 4. The molecule has 4 aromatic rings. The molecule has 1 aromatic carbocycles. The third-order valence-electron chi connectivity index (χ3n) is 6.59. The highest BCUT2D eigenvalue weighted by Gasteiger charge is 2.22. The maximum absolute atomic E-state index is 11.2. The van der Waals surface area contributed by atoms with E-state index in [1.807, 2.05) is 28.8 Å². The minimum Gasteiger partial charge on any atom is -0.495 e. The van der Waals surface area contributed by atoms with Crippen molar-refractivity contribution in [2.75, 3.05) is 39.2 Å². The van der Waals surface area contributed by atoms with Crippen molar-refractivity contribution in [3.05, 3.63) is 60.6 Å². The van der Waals surface area contributed by atoms with E-state index in [1.165, 1.54) is 5.56 Å². The summed E-state index contributed by atoms with van der Waals surface area (Å²) >= 11 is 0. The van der Waals surface area contributed by atoms with Crippen LogP contribution in [0.3, 0.4) is 0 Å². The highest BCUT2D eigenvalue weighted by molar-refractivity contribution is 5.76. The molecule has 1 saturated heterocycles. The Balaban J connectivity index is 1.37. The minimum atomic E-state index is -0.280. The summed E-state index contributed by atoms with van der Waals surface area (Å²) in [6.07, 6.45) is 7.12. The molecule has 1 aliphatic rings. The average Bonchev–Trinajstić information content (AvgIpc) is 3.32. The molecule has 0 saturated carbocycles. The summed E-state index contributed by atoms with van der Waals surface area (Å²) in [5, 5.41) is 8.02. The summed E-state index contributed by atoms with van der Waals surface area (Å²) < 4.78 is 13.0. The Hall–Kier alpha value is -4.18. The Morgan fingerprint density at radius 3 is 2.64 bits per heavy atom. The summed E-state index contributed by atoms with van der Waals surface area (Å²) in [4.78, 5) is 21.9. The Morgan fingerprint density at radius 2 is 1.89 bits per heavy atom. The molecule has 186 valence electrons. The number of anilines is 2. The van der Waals surface area contributed by atoms with E-state index in [2.05, 4.69) is 32.3 Å². The molecule has 4 heterocycles. The van der Waals surface area contributed by atoms with Crippen molar-refractivity contribution in [2.24, 2.45) is 5.73 Å². The number of primary amides is 1. The quantitative estimate of drug-likeness (QED) is 0.389. The Labute approximate surface area is 209 Å². The molecule has 1 fully saturated rings. The molecule has 5 rings (SSSR count). The van der Waals surface area contributed by atoms with Gasteiger partial charge in [0.1, 0.15) is 11.5 Å². The number of nitrogens with one attached hydrogen (secondary N) is 1. The SMILES string of the molecule is COc1cc(C2CCN(CC(N)=O)CC2)ccc1Nc1ncc2ccc(-c3ccncc3OC)n2n1. The molecule has 0 spiro atoms. The van der Waals surface area contributed by atoms with Gasteiger partial charge >= 0.3 is 0 Å². The Kier molecular flexibility index (Phi) is 6.68. The van der Waals surface area contributed by atoms with Crippen LogP contribution in [0.2, 0.25) is 0 Å². The molecule has 3 aromatic heterocycles. The van der Waals surface area contributed by atoms with E-state index in [-0.39, 0.29) is 5.91 Å². The highest BCUT2D eigenvalue weighted by atomic mass is 16.5. The lowest BCUT2D eigenvalue weighted by molar-refractivity contribution is -0.119. The molecule has 3 N–H and O–H groups in total. The number of carbonyl (C=O) groups excluding carboxylic acids is 1. The molecular weight excluding hydrogens is 458 g/mol. The number of pyridine rings is 1. The predicted octanol–water partition coefficient (Wildman–Crippen LogP) is 3.22. The summed E-state index contributed by atoms with van der Waals surface area (Å²) in [5.74, 6) is 1.96. The van der Waals surface area contributed by atoms with Gasteiger partial charge in [0.2, 0.25) is 11.9 Å². The molecule has 1 amide bonds. The van der Waals surface area contributed by atoms with Gasteiger partial charge in [-0.3, -0.25) is 14.7 Å². The van der Waals surface area contributed by atoms with Gasteiger partial charge in [-0.1, -0.05) is 6.07 Å². The van der Waals surface area contributed by atoms with Crippen molar-refractivity contribution in [3.63, 3.8) is 0 Å². The van der Waals surface area contributed by atoms with Gasteiger partial charge in [-0.25, -0.2) is 9.50 Å². The zero-order chi connectivity index (χ0) is 25.1. The van der Waals surface area contributed by atoms with Crippen molar-refractivity contribution < 1.29 is 14.3 Å². The monoisotopic (exact) mass is 487 g/mol. The largest absolute Gasteiger partial charge is 0.495 e. The summed E-state index contributed by atoms with van der Waals surface area (Å²) in [6.45, 7) is 2.02. The van der Waals surface area contributed by atoms with Gasteiger partial charge in [0.15, 0.2) is 0 Å². The van der Waals surface area contributed by atoms with Crippen LogP contribution < -0.4 is 20.5 Å². The van der Waals surface area contributed by atoms with Crippen LogP contribution in [-0.2, 0) is 4.79 Å². The molecule has 0 unspecified atom stereocenters. The van der Waals surface area contributed by atoms with Gasteiger partial charge in [-0.2, -0.15) is 0 Å². The number of fused-ring (bicyclic) bond motifs is 1. The van der Waals surface area contributed by atoms with Gasteiger partial charge in [-0.15, -0.1) is 5.10 Å². The number of carbonyl (C=O) groups is 1. The summed E-state index contributed by atoms with van der Waals surface area (Å²) in [5.41, 5.74) is 9.96. The first kappa shape index (κ1) is 23.6. The van der Waals surface area contributed by atoms with Gasteiger partial charge in [0.05, 0.1) is 50.1 Å². The highest BCUT2D eigenvalue weighted by Crippen LogP contribution is 2.35. The number of rotatable bonds is 8. The lowest BCUT2D eigenvalue weighted by Crippen LogP contribution is -2.39. The van der Waals surface area contributed by atoms with Crippen LogP contribution in [0.15, 0.2) is 55.0 Å². The zero-order valence-corrected chi connectivity index (χ0v) is 20.3. The molecule has 0 bridgehead atoms. The fraction of sp³-hybridized carbons (Fsp3) is 0.308. The van der Waals surface area contributed by atoms with Crippen LogP contribution in [-0.4, -0.2) is 64.2 Å². The lowest BCUT2D eigenvalue weighted by Gasteiger charge is -2.31. The fourth-order valence-corrected chi connectivity index (χ4v) is 4.75. The number of amides is 1. The van der Waals surface area contributed by atoms with Crippen LogP contribution >= 0.6 is 0 Å². The van der Waals surface area contributed by atoms with Crippen molar-refractivity contribution in [1.82, 2.24) is 24.5 Å². The molecule has 10 heteroatoms. The van der Waals surface area contributed by atoms with E-state index in [0.717, 1.165) is 54.1 Å². The number of methoxy groups -OCH3 is 2. The first-order chi connectivity index (χ1) is 17.6. The summed E-state index contributed by atoms with van der Waals surface area (Å²) in [7, 11) is 3.28. The number of hydrogen-bond acceptors (Lipinski definition) is 8. The second kappa shape index (κ2) is 10.2. The van der Waals surface area contributed by atoms with Gasteiger partial charge in [0, 0.05) is 11.8 Å². The van der Waals surface area contributed by atoms with Crippen LogP contribution in [0.4, 0.5) is 11.6 Å². The van der Waals surface area contributed by atoms with E-state index in [0.29, 0.717) is 24.2 Å². The topological polar surface area (TPSA) is 120 Å². The number of nitrogens with zero attached hydrogens (tertiary/aromatic N) is 5. The van der Waals surface area contributed by atoms with Crippen LogP contribution in [0.5, 0.6) is 11.5 Å². The van der Waals surface area contributed by atoms with Crippen LogP contribution in [0.25, 0.3) is 16.8 Å². The fourth-order valence-electron chi connectivity index (χ4n) is 4.75. The van der Waals surface area contributed by atoms with Crippen LogP contribution in [0, 0.1) is 0 Å². The van der Waals surface area contributed by atoms with Crippen molar-refractivity contribution in [2.45, 2.75) is 18.8 Å². The molecule has 1 aliphatic heterocycles. The zero-order valence-electron chi connectivity index (χ0n) is 20.3. The van der Waals surface area contributed by atoms with Crippen molar-refractivity contribution >= 4 is 23.1 Å².